The number of thiazole rings is 1. The number of sulfonamides is 1. The Morgan fingerprint density at radius 1 is 1.07 bits per heavy atom. The summed E-state index contributed by atoms with van der Waals surface area (Å²) in [6, 6.07) is 9.76. The molecule has 1 aliphatic rings. The number of rotatable bonds is 13. The van der Waals surface area contributed by atoms with E-state index in [0.29, 0.717) is 42.0 Å². The van der Waals surface area contributed by atoms with Gasteiger partial charge in [0.1, 0.15) is 0 Å². The van der Waals surface area contributed by atoms with Crippen LogP contribution in [0, 0.1) is 6.92 Å². The van der Waals surface area contributed by atoms with Crippen molar-refractivity contribution in [1.82, 2.24) is 14.2 Å². The summed E-state index contributed by atoms with van der Waals surface area (Å²) in [4.78, 5) is 22.7. The van der Waals surface area contributed by atoms with Crippen molar-refractivity contribution in [3.63, 3.8) is 0 Å². The molecule has 0 atom stereocenters. The Hall–Kier alpha value is -2.16. The molecular formula is C27H35ClN4O6S2. The maximum atomic E-state index is 13.9. The number of amides is 1. The highest BCUT2D eigenvalue weighted by molar-refractivity contribution is 7.89. The highest BCUT2D eigenvalue weighted by Gasteiger charge is 2.27. The fourth-order valence-electron chi connectivity index (χ4n) is 4.42. The molecule has 0 aliphatic carbocycles. The van der Waals surface area contributed by atoms with Crippen LogP contribution in [0.5, 0.6) is 0 Å². The zero-order valence-electron chi connectivity index (χ0n) is 23.0. The number of ether oxygens (including phenoxy) is 3. The van der Waals surface area contributed by atoms with Gasteiger partial charge in [0.2, 0.25) is 10.0 Å². The molecule has 0 unspecified atom stereocenters. The first-order valence-corrected chi connectivity index (χ1v) is 15.6. The molecule has 218 valence electrons. The SMILES string of the molecule is COCCN(CCOC)S(=O)(=O)c1ccc(C(=O)N(CCN2CCOCC2)c2nc3c(C)cc(Cl)cc3s2)cc1. The van der Waals surface area contributed by atoms with Gasteiger partial charge in [-0.15, -0.1) is 0 Å². The smallest absolute Gasteiger partial charge is 0.260 e. The number of carbonyl (C=O) groups is 1. The second-order valence-corrected chi connectivity index (χ2v) is 12.8. The molecule has 0 saturated carbocycles. The number of morpholine rings is 1. The molecule has 1 fully saturated rings. The van der Waals surface area contributed by atoms with Gasteiger partial charge < -0.3 is 14.2 Å². The Morgan fingerprint density at radius 2 is 1.73 bits per heavy atom. The predicted molar refractivity (Wildman–Crippen MR) is 157 cm³/mol. The van der Waals surface area contributed by atoms with Gasteiger partial charge in [-0.1, -0.05) is 22.9 Å². The van der Waals surface area contributed by atoms with E-state index in [1.807, 2.05) is 19.1 Å². The molecule has 0 radical (unpaired) electrons. The Bertz CT molecular complexity index is 1390. The Kier molecular flexibility index (Phi) is 10.9. The van der Waals surface area contributed by atoms with Crippen molar-refractivity contribution in [3.8, 4) is 0 Å². The average Bonchev–Trinajstić information content (AvgIpc) is 3.37. The van der Waals surface area contributed by atoms with E-state index in [1.54, 1.807) is 17.0 Å². The second-order valence-electron chi connectivity index (χ2n) is 9.39. The van der Waals surface area contributed by atoms with Crippen molar-refractivity contribution in [2.24, 2.45) is 0 Å². The van der Waals surface area contributed by atoms with E-state index in [1.165, 1.54) is 42.0 Å². The number of hydrogen-bond donors (Lipinski definition) is 0. The fourth-order valence-corrected chi connectivity index (χ4v) is 7.27. The van der Waals surface area contributed by atoms with Crippen LogP contribution in [-0.2, 0) is 24.2 Å². The summed E-state index contributed by atoms with van der Waals surface area (Å²) in [6.45, 7) is 6.84. The summed E-state index contributed by atoms with van der Waals surface area (Å²) in [5.41, 5.74) is 2.11. The first kappa shape index (κ1) is 30.8. The van der Waals surface area contributed by atoms with E-state index in [9.17, 15) is 13.2 Å². The van der Waals surface area contributed by atoms with Crippen LogP contribution in [0.3, 0.4) is 0 Å². The average molecular weight is 611 g/mol. The lowest BCUT2D eigenvalue weighted by Crippen LogP contribution is -2.43. The van der Waals surface area contributed by atoms with Crippen LogP contribution >= 0.6 is 22.9 Å². The number of aryl methyl sites for hydroxylation is 1. The van der Waals surface area contributed by atoms with Crippen LogP contribution in [0.15, 0.2) is 41.3 Å². The van der Waals surface area contributed by atoms with E-state index in [0.717, 1.165) is 28.9 Å². The van der Waals surface area contributed by atoms with Crippen molar-refractivity contribution in [2.45, 2.75) is 11.8 Å². The monoisotopic (exact) mass is 610 g/mol. The van der Waals surface area contributed by atoms with Crippen LogP contribution < -0.4 is 4.90 Å². The molecule has 1 aromatic heterocycles. The van der Waals surface area contributed by atoms with Crippen molar-refractivity contribution in [2.75, 3.05) is 84.8 Å². The molecule has 40 heavy (non-hydrogen) atoms. The van der Waals surface area contributed by atoms with Crippen LogP contribution in [0.25, 0.3) is 10.2 Å². The van der Waals surface area contributed by atoms with Gasteiger partial charge in [0.25, 0.3) is 5.91 Å². The van der Waals surface area contributed by atoms with Gasteiger partial charge in [0, 0.05) is 64.1 Å². The first-order valence-electron chi connectivity index (χ1n) is 13.0. The Morgan fingerprint density at radius 3 is 2.35 bits per heavy atom. The second kappa shape index (κ2) is 14.1. The molecule has 13 heteroatoms. The van der Waals surface area contributed by atoms with Crippen molar-refractivity contribution < 1.29 is 27.4 Å². The summed E-state index contributed by atoms with van der Waals surface area (Å²) in [7, 11) is -0.761. The Labute approximate surface area is 244 Å². The lowest BCUT2D eigenvalue weighted by molar-refractivity contribution is 0.0391. The molecule has 3 aromatic rings. The number of anilines is 1. The maximum absolute atomic E-state index is 13.9. The van der Waals surface area contributed by atoms with Gasteiger partial charge >= 0.3 is 0 Å². The number of methoxy groups -OCH3 is 2. The van der Waals surface area contributed by atoms with E-state index in [-0.39, 0.29) is 37.1 Å². The predicted octanol–water partition coefficient (Wildman–Crippen LogP) is 3.52. The molecule has 4 rings (SSSR count). The molecule has 0 spiro atoms. The third-order valence-corrected chi connectivity index (χ3v) is 9.84. The minimum Gasteiger partial charge on any atom is -0.383 e. The van der Waals surface area contributed by atoms with Gasteiger partial charge in [-0.05, 0) is 48.9 Å². The summed E-state index contributed by atoms with van der Waals surface area (Å²) < 4.78 is 44.5. The third kappa shape index (κ3) is 7.37. The highest BCUT2D eigenvalue weighted by atomic mass is 35.5. The lowest BCUT2D eigenvalue weighted by Gasteiger charge is -2.29. The molecule has 10 nitrogen and oxygen atoms in total. The summed E-state index contributed by atoms with van der Waals surface area (Å²) in [6.07, 6.45) is 0. The highest BCUT2D eigenvalue weighted by Crippen LogP contribution is 2.33. The van der Waals surface area contributed by atoms with Crippen molar-refractivity contribution in [1.29, 1.82) is 0 Å². The molecular weight excluding hydrogens is 576 g/mol. The van der Waals surface area contributed by atoms with E-state index < -0.39 is 10.0 Å². The largest absolute Gasteiger partial charge is 0.383 e. The number of benzene rings is 2. The van der Waals surface area contributed by atoms with Gasteiger partial charge in [0.05, 0.1) is 41.5 Å². The molecule has 2 heterocycles. The van der Waals surface area contributed by atoms with E-state index >= 15 is 0 Å². The topological polar surface area (TPSA) is 102 Å². The number of nitrogens with zero attached hydrogens (tertiary/aromatic N) is 4. The molecule has 1 aliphatic heterocycles. The number of fused-ring (bicyclic) bond motifs is 1. The molecule has 0 bridgehead atoms. The van der Waals surface area contributed by atoms with E-state index in [4.69, 9.17) is 30.8 Å². The normalized spacial score (nSPS) is 14.7. The van der Waals surface area contributed by atoms with Gasteiger partial charge in [0.15, 0.2) is 5.13 Å². The maximum Gasteiger partial charge on any atom is 0.260 e. The lowest BCUT2D eigenvalue weighted by atomic mass is 10.2. The van der Waals surface area contributed by atoms with Crippen molar-refractivity contribution in [3.05, 3.63) is 52.5 Å². The third-order valence-electron chi connectivity index (χ3n) is 6.69. The number of aromatic nitrogens is 1. The van der Waals surface area contributed by atoms with Gasteiger partial charge in [-0.3, -0.25) is 14.6 Å². The van der Waals surface area contributed by atoms with Crippen LogP contribution in [0.4, 0.5) is 5.13 Å². The minimum absolute atomic E-state index is 0.0985. The van der Waals surface area contributed by atoms with E-state index in [2.05, 4.69) is 4.90 Å². The summed E-state index contributed by atoms with van der Waals surface area (Å²) in [5.74, 6) is -0.254. The number of halogens is 1. The fraction of sp³-hybridized carbons (Fsp3) is 0.481. The van der Waals surface area contributed by atoms with Crippen LogP contribution in [0.1, 0.15) is 15.9 Å². The summed E-state index contributed by atoms with van der Waals surface area (Å²) in [5, 5.41) is 1.19. The van der Waals surface area contributed by atoms with Crippen molar-refractivity contribution >= 4 is 54.2 Å². The molecule has 0 N–H and O–H groups in total. The molecule has 1 saturated heterocycles. The van der Waals surface area contributed by atoms with Crippen LogP contribution in [0.2, 0.25) is 5.02 Å². The molecule has 1 amide bonds. The zero-order chi connectivity index (χ0) is 28.7. The molecule has 2 aromatic carbocycles. The number of carbonyl (C=O) groups excluding carboxylic acids is 1. The first-order chi connectivity index (χ1) is 19.2. The van der Waals surface area contributed by atoms with Crippen LogP contribution in [-0.4, -0.2) is 108 Å². The van der Waals surface area contributed by atoms with Gasteiger partial charge in [-0.2, -0.15) is 4.31 Å². The Balaban J connectivity index is 1.61. The quantitative estimate of drug-likeness (QED) is 0.290. The van der Waals surface area contributed by atoms with Gasteiger partial charge in [-0.25, -0.2) is 13.4 Å². The summed E-state index contributed by atoms with van der Waals surface area (Å²) >= 11 is 7.69. The minimum atomic E-state index is -3.80. The standard InChI is InChI=1S/C27H35ClN4O6S2/c1-20-18-22(28)19-24-25(20)29-27(39-24)32(9-8-30-10-16-38-17-11-30)26(33)21-4-6-23(7-5-21)40(34,35)31(12-14-36-2)13-15-37-3/h4-7,18-19H,8-17H2,1-3H3. The number of hydrogen-bond acceptors (Lipinski definition) is 9. The zero-order valence-corrected chi connectivity index (χ0v) is 25.4.